The maximum atomic E-state index is 12.7. The van der Waals surface area contributed by atoms with Gasteiger partial charge in [-0.1, -0.05) is 30.0 Å². The molecule has 1 heterocycles. The van der Waals surface area contributed by atoms with Gasteiger partial charge in [-0.25, -0.2) is 4.98 Å². The number of carbonyl (C=O) groups excluding carboxylic acids is 1. The highest BCUT2D eigenvalue weighted by atomic mass is 32.2. The molecule has 0 unspecified atom stereocenters. The number of ether oxygens (including phenoxy) is 1. The molecule has 0 fully saturated rings. The first kappa shape index (κ1) is 18.7. The van der Waals surface area contributed by atoms with Crippen LogP contribution in [0, 0.1) is 6.92 Å². The van der Waals surface area contributed by atoms with Crippen LogP contribution >= 0.6 is 11.8 Å². The summed E-state index contributed by atoms with van der Waals surface area (Å²) >= 11 is 1.12. The van der Waals surface area contributed by atoms with E-state index in [4.69, 9.17) is 4.74 Å². The predicted octanol–water partition coefficient (Wildman–Crippen LogP) is 3.28. The smallest absolute Gasteiger partial charge is 0.287 e. The van der Waals surface area contributed by atoms with Gasteiger partial charge in [-0.15, -0.1) is 0 Å². The number of aromatic nitrogens is 2. The summed E-state index contributed by atoms with van der Waals surface area (Å²) in [6.07, 6.45) is 3.15. The summed E-state index contributed by atoms with van der Waals surface area (Å²) in [5, 5.41) is 3.12. The van der Waals surface area contributed by atoms with Crippen LogP contribution in [0.4, 0.5) is 5.69 Å². The standard InChI is InChI=1S/C20H19N3O3S/c1-14-5-3-4-6-17(14)22-18(24)13-27-19-20(25)23(12-11-21-19)15-7-9-16(26-2)10-8-15/h3-12H,13H2,1-2H3,(H,22,24). The van der Waals surface area contributed by atoms with Gasteiger partial charge in [-0.2, -0.15) is 0 Å². The molecule has 27 heavy (non-hydrogen) atoms. The van der Waals surface area contributed by atoms with Gasteiger partial charge in [0.1, 0.15) is 5.75 Å². The third-order valence-electron chi connectivity index (χ3n) is 3.92. The van der Waals surface area contributed by atoms with Gasteiger partial charge < -0.3 is 10.1 Å². The molecule has 0 bridgehead atoms. The quantitative estimate of drug-likeness (QED) is 0.664. The summed E-state index contributed by atoms with van der Waals surface area (Å²) in [6, 6.07) is 14.7. The molecule has 0 radical (unpaired) electrons. The van der Waals surface area contributed by atoms with Crippen LogP contribution in [0.25, 0.3) is 5.69 Å². The van der Waals surface area contributed by atoms with E-state index in [9.17, 15) is 9.59 Å². The van der Waals surface area contributed by atoms with Crippen molar-refractivity contribution in [2.24, 2.45) is 0 Å². The van der Waals surface area contributed by atoms with Crippen LogP contribution in [-0.4, -0.2) is 28.3 Å². The molecular weight excluding hydrogens is 362 g/mol. The fourth-order valence-corrected chi connectivity index (χ4v) is 3.17. The topological polar surface area (TPSA) is 73.2 Å². The molecule has 1 N–H and O–H groups in total. The van der Waals surface area contributed by atoms with Crippen LogP contribution in [0.2, 0.25) is 0 Å². The molecule has 0 atom stereocenters. The van der Waals surface area contributed by atoms with Crippen molar-refractivity contribution in [3.05, 3.63) is 76.8 Å². The van der Waals surface area contributed by atoms with Crippen molar-refractivity contribution in [3.8, 4) is 11.4 Å². The predicted molar refractivity (Wildman–Crippen MR) is 107 cm³/mol. The number of carbonyl (C=O) groups is 1. The second-order valence-corrected chi connectivity index (χ2v) is 6.72. The van der Waals surface area contributed by atoms with Gasteiger partial charge in [0.15, 0.2) is 5.03 Å². The third kappa shape index (κ3) is 4.57. The molecule has 2 aromatic carbocycles. The average Bonchev–Trinajstić information content (AvgIpc) is 2.69. The molecule has 0 saturated heterocycles. The Bertz CT molecular complexity index is 1000. The highest BCUT2D eigenvalue weighted by Gasteiger charge is 2.11. The molecule has 3 rings (SSSR count). The van der Waals surface area contributed by atoms with E-state index in [1.54, 1.807) is 43.8 Å². The minimum Gasteiger partial charge on any atom is -0.497 e. The molecule has 6 nitrogen and oxygen atoms in total. The maximum Gasteiger partial charge on any atom is 0.287 e. The van der Waals surface area contributed by atoms with Crippen LogP contribution in [-0.2, 0) is 4.79 Å². The minimum absolute atomic E-state index is 0.100. The molecule has 1 aromatic heterocycles. The largest absolute Gasteiger partial charge is 0.497 e. The number of anilines is 1. The first-order chi connectivity index (χ1) is 13.1. The zero-order valence-electron chi connectivity index (χ0n) is 15.0. The summed E-state index contributed by atoms with van der Waals surface area (Å²) in [6.45, 7) is 1.93. The minimum atomic E-state index is -0.267. The van der Waals surface area contributed by atoms with E-state index in [1.165, 1.54) is 4.57 Å². The van der Waals surface area contributed by atoms with Gasteiger partial charge in [0.25, 0.3) is 5.56 Å². The maximum absolute atomic E-state index is 12.7. The summed E-state index contributed by atoms with van der Waals surface area (Å²) in [7, 11) is 1.59. The van der Waals surface area contributed by atoms with E-state index in [0.717, 1.165) is 23.0 Å². The van der Waals surface area contributed by atoms with Crippen molar-refractivity contribution in [1.29, 1.82) is 0 Å². The second-order valence-electron chi connectivity index (χ2n) is 5.76. The number of amides is 1. The van der Waals surface area contributed by atoms with E-state index in [1.807, 2.05) is 31.2 Å². The van der Waals surface area contributed by atoms with Crippen molar-refractivity contribution >= 4 is 23.4 Å². The van der Waals surface area contributed by atoms with E-state index in [2.05, 4.69) is 10.3 Å². The molecule has 1 amide bonds. The van der Waals surface area contributed by atoms with Crippen LogP contribution in [0.5, 0.6) is 5.75 Å². The monoisotopic (exact) mass is 381 g/mol. The van der Waals surface area contributed by atoms with Gasteiger partial charge in [-0.05, 0) is 42.8 Å². The lowest BCUT2D eigenvalue weighted by molar-refractivity contribution is -0.113. The molecule has 7 heteroatoms. The number of benzene rings is 2. The van der Waals surface area contributed by atoms with Gasteiger partial charge in [0.2, 0.25) is 5.91 Å². The van der Waals surface area contributed by atoms with Gasteiger partial charge in [-0.3, -0.25) is 14.2 Å². The average molecular weight is 381 g/mol. The number of nitrogens with one attached hydrogen (secondary N) is 1. The van der Waals surface area contributed by atoms with Crippen LogP contribution in [0.15, 0.2) is 70.7 Å². The van der Waals surface area contributed by atoms with E-state index in [0.29, 0.717) is 11.4 Å². The number of hydrogen-bond donors (Lipinski definition) is 1. The number of nitrogens with zero attached hydrogens (tertiary/aromatic N) is 2. The van der Waals surface area contributed by atoms with Crippen LogP contribution in [0.1, 0.15) is 5.56 Å². The molecule has 0 saturated carbocycles. The molecule has 0 spiro atoms. The Kier molecular flexibility index (Phi) is 5.93. The van der Waals surface area contributed by atoms with E-state index >= 15 is 0 Å². The highest BCUT2D eigenvalue weighted by molar-refractivity contribution is 7.99. The second kappa shape index (κ2) is 8.55. The van der Waals surface area contributed by atoms with Crippen molar-refractivity contribution in [3.63, 3.8) is 0 Å². The number of hydrogen-bond acceptors (Lipinski definition) is 5. The summed E-state index contributed by atoms with van der Waals surface area (Å²) in [5.41, 5.74) is 2.18. The number of para-hydroxylation sites is 1. The fraction of sp³-hybridized carbons (Fsp3) is 0.150. The Morgan fingerprint density at radius 1 is 1.19 bits per heavy atom. The van der Waals surface area contributed by atoms with Crippen LogP contribution in [0.3, 0.4) is 0 Å². The van der Waals surface area contributed by atoms with Gasteiger partial charge in [0.05, 0.1) is 12.9 Å². The Labute approximate surface area is 161 Å². The normalized spacial score (nSPS) is 10.4. The first-order valence-corrected chi connectivity index (χ1v) is 9.27. The van der Waals surface area contributed by atoms with E-state index in [-0.39, 0.29) is 22.2 Å². The lowest BCUT2D eigenvalue weighted by Gasteiger charge is -2.09. The Morgan fingerprint density at radius 3 is 2.63 bits per heavy atom. The lowest BCUT2D eigenvalue weighted by Crippen LogP contribution is -2.22. The highest BCUT2D eigenvalue weighted by Crippen LogP contribution is 2.17. The molecule has 0 aliphatic rings. The number of aryl methyl sites for hydroxylation is 1. The van der Waals surface area contributed by atoms with Crippen LogP contribution < -0.4 is 15.6 Å². The number of thioether (sulfide) groups is 1. The van der Waals surface area contributed by atoms with Gasteiger partial charge >= 0.3 is 0 Å². The Hall–Kier alpha value is -3.06. The summed E-state index contributed by atoms with van der Waals surface area (Å²) in [4.78, 5) is 29.0. The SMILES string of the molecule is COc1ccc(-n2ccnc(SCC(=O)Nc3ccccc3C)c2=O)cc1. The van der Waals surface area contributed by atoms with Crippen molar-refractivity contribution < 1.29 is 9.53 Å². The first-order valence-electron chi connectivity index (χ1n) is 8.29. The molecule has 0 aliphatic carbocycles. The number of methoxy groups -OCH3 is 1. The fourth-order valence-electron chi connectivity index (χ4n) is 2.47. The van der Waals surface area contributed by atoms with Gasteiger partial charge in [0, 0.05) is 23.8 Å². The third-order valence-corrected chi connectivity index (χ3v) is 4.88. The van der Waals surface area contributed by atoms with Crippen molar-refractivity contribution in [2.75, 3.05) is 18.2 Å². The zero-order chi connectivity index (χ0) is 19.2. The summed E-state index contributed by atoms with van der Waals surface area (Å²) in [5.74, 6) is 0.627. The molecular formula is C20H19N3O3S. The van der Waals surface area contributed by atoms with E-state index < -0.39 is 0 Å². The number of rotatable bonds is 6. The molecule has 138 valence electrons. The molecule has 0 aliphatic heterocycles. The Morgan fingerprint density at radius 2 is 1.93 bits per heavy atom. The Balaban J connectivity index is 1.71. The van der Waals surface area contributed by atoms with Crippen molar-refractivity contribution in [1.82, 2.24) is 9.55 Å². The molecule has 3 aromatic rings. The lowest BCUT2D eigenvalue weighted by atomic mass is 10.2. The zero-order valence-corrected chi connectivity index (χ0v) is 15.8. The summed E-state index contributed by atoms with van der Waals surface area (Å²) < 4.78 is 6.63. The van der Waals surface area contributed by atoms with Crippen molar-refractivity contribution in [2.45, 2.75) is 11.9 Å².